The Morgan fingerprint density at radius 3 is 2.38 bits per heavy atom. The van der Waals surface area contributed by atoms with Crippen LogP contribution in [-0.2, 0) is 17.9 Å². The van der Waals surface area contributed by atoms with Gasteiger partial charge in [-0.25, -0.2) is 0 Å². The molecule has 1 aliphatic heterocycles. The SMILES string of the molecule is COc1cc(CN(C)C(=O)[C@H]2CCCN(Cc3ccc(Cl)cc3Cl)C2)cc(OC)c1OC. The summed E-state index contributed by atoms with van der Waals surface area (Å²) < 4.78 is 16.2. The van der Waals surface area contributed by atoms with Gasteiger partial charge in [-0.05, 0) is 54.8 Å². The van der Waals surface area contributed by atoms with E-state index in [2.05, 4.69) is 4.90 Å². The van der Waals surface area contributed by atoms with Crippen LogP contribution >= 0.6 is 23.2 Å². The van der Waals surface area contributed by atoms with Crippen LogP contribution in [0, 0.1) is 5.92 Å². The van der Waals surface area contributed by atoms with E-state index in [0.29, 0.717) is 46.9 Å². The van der Waals surface area contributed by atoms with Gasteiger partial charge in [0.2, 0.25) is 11.7 Å². The minimum Gasteiger partial charge on any atom is -0.493 e. The number of hydrogen-bond acceptors (Lipinski definition) is 5. The molecule has 0 unspecified atom stereocenters. The molecule has 6 nitrogen and oxygen atoms in total. The number of halogens is 2. The van der Waals surface area contributed by atoms with Gasteiger partial charge in [-0.3, -0.25) is 9.69 Å². The average Bonchev–Trinajstić information content (AvgIpc) is 2.79. The molecule has 0 N–H and O–H groups in total. The van der Waals surface area contributed by atoms with Crippen molar-refractivity contribution in [2.24, 2.45) is 5.92 Å². The average molecular weight is 481 g/mol. The van der Waals surface area contributed by atoms with Crippen molar-refractivity contribution in [1.82, 2.24) is 9.80 Å². The van der Waals surface area contributed by atoms with E-state index in [9.17, 15) is 4.79 Å². The van der Waals surface area contributed by atoms with Crippen molar-refractivity contribution in [1.29, 1.82) is 0 Å². The first-order valence-corrected chi connectivity index (χ1v) is 11.3. The second-order valence-electron chi connectivity index (χ2n) is 8.04. The van der Waals surface area contributed by atoms with E-state index in [1.54, 1.807) is 32.3 Å². The molecule has 1 fully saturated rings. The van der Waals surface area contributed by atoms with Crippen LogP contribution in [0.5, 0.6) is 17.2 Å². The van der Waals surface area contributed by atoms with E-state index >= 15 is 0 Å². The second-order valence-corrected chi connectivity index (χ2v) is 8.88. The number of hydrogen-bond donors (Lipinski definition) is 0. The van der Waals surface area contributed by atoms with Crippen molar-refractivity contribution >= 4 is 29.1 Å². The van der Waals surface area contributed by atoms with Crippen molar-refractivity contribution in [3.63, 3.8) is 0 Å². The summed E-state index contributed by atoms with van der Waals surface area (Å²) >= 11 is 12.4. The molecule has 1 heterocycles. The van der Waals surface area contributed by atoms with E-state index in [-0.39, 0.29) is 11.8 Å². The number of methoxy groups -OCH3 is 3. The molecule has 0 saturated carbocycles. The van der Waals surface area contributed by atoms with Gasteiger partial charge in [0.1, 0.15) is 0 Å². The number of piperidine rings is 1. The van der Waals surface area contributed by atoms with Crippen molar-refractivity contribution < 1.29 is 19.0 Å². The third-order valence-electron chi connectivity index (χ3n) is 5.78. The molecule has 0 aliphatic carbocycles. The molecule has 3 rings (SSSR count). The number of carbonyl (C=O) groups excluding carboxylic acids is 1. The lowest BCUT2D eigenvalue weighted by molar-refractivity contribution is -0.136. The zero-order valence-electron chi connectivity index (χ0n) is 19.0. The highest BCUT2D eigenvalue weighted by Gasteiger charge is 2.28. The highest BCUT2D eigenvalue weighted by atomic mass is 35.5. The summed E-state index contributed by atoms with van der Waals surface area (Å²) in [6.07, 6.45) is 1.85. The Kier molecular flexibility index (Phi) is 8.51. The smallest absolute Gasteiger partial charge is 0.227 e. The van der Waals surface area contributed by atoms with Crippen LogP contribution in [0.15, 0.2) is 30.3 Å². The monoisotopic (exact) mass is 480 g/mol. The maximum Gasteiger partial charge on any atom is 0.227 e. The van der Waals surface area contributed by atoms with Gasteiger partial charge in [0.25, 0.3) is 0 Å². The largest absolute Gasteiger partial charge is 0.493 e. The van der Waals surface area contributed by atoms with Crippen LogP contribution in [-0.4, -0.2) is 57.2 Å². The first-order chi connectivity index (χ1) is 15.4. The molecule has 2 aromatic rings. The summed E-state index contributed by atoms with van der Waals surface area (Å²) in [5, 5.41) is 1.28. The molecule has 1 aliphatic rings. The predicted octanol–water partition coefficient (Wildman–Crippen LogP) is 4.89. The van der Waals surface area contributed by atoms with Crippen molar-refractivity contribution in [3.05, 3.63) is 51.5 Å². The van der Waals surface area contributed by atoms with Crippen molar-refractivity contribution in [2.75, 3.05) is 41.5 Å². The fourth-order valence-electron chi connectivity index (χ4n) is 4.18. The quantitative estimate of drug-likeness (QED) is 0.538. The molecule has 1 amide bonds. The first-order valence-electron chi connectivity index (χ1n) is 10.6. The molecule has 0 spiro atoms. The fraction of sp³-hybridized carbons (Fsp3) is 0.458. The molecule has 32 heavy (non-hydrogen) atoms. The number of rotatable bonds is 8. The molecular formula is C24H30Cl2N2O4. The Bertz CT molecular complexity index is 929. The molecule has 1 saturated heterocycles. The zero-order valence-corrected chi connectivity index (χ0v) is 20.5. The van der Waals surface area contributed by atoms with Crippen molar-refractivity contribution in [2.45, 2.75) is 25.9 Å². The number of carbonyl (C=O) groups is 1. The summed E-state index contributed by atoms with van der Waals surface area (Å²) in [4.78, 5) is 17.3. The van der Waals surface area contributed by atoms with E-state index < -0.39 is 0 Å². The van der Waals surface area contributed by atoms with E-state index in [0.717, 1.165) is 30.5 Å². The minimum absolute atomic E-state index is 0.0538. The number of nitrogens with zero attached hydrogens (tertiary/aromatic N) is 2. The number of amides is 1. The summed E-state index contributed by atoms with van der Waals surface area (Å²) in [6.45, 7) is 2.81. The van der Waals surface area contributed by atoms with E-state index in [1.165, 1.54) is 0 Å². The van der Waals surface area contributed by atoms with Gasteiger partial charge >= 0.3 is 0 Å². The number of ether oxygens (including phenoxy) is 3. The van der Waals surface area contributed by atoms with Crippen molar-refractivity contribution in [3.8, 4) is 17.2 Å². The molecule has 2 aromatic carbocycles. The third kappa shape index (κ3) is 5.80. The molecule has 8 heteroatoms. The summed E-state index contributed by atoms with van der Waals surface area (Å²) in [7, 11) is 6.57. The lowest BCUT2D eigenvalue weighted by Crippen LogP contribution is -2.43. The standard InChI is InChI=1S/C24H30Cl2N2O4/c1-27(13-16-10-21(30-2)23(32-4)22(11-16)31-3)24(29)18-6-5-9-28(15-18)14-17-7-8-19(25)12-20(17)26/h7-8,10-12,18H,5-6,9,13-15H2,1-4H3/t18-/m0/s1. The van der Waals surface area contributed by atoms with Crippen LogP contribution in [0.2, 0.25) is 10.0 Å². The second kappa shape index (κ2) is 11.1. The molecular weight excluding hydrogens is 451 g/mol. The lowest BCUT2D eigenvalue weighted by Gasteiger charge is -2.34. The Hall–Kier alpha value is -2.15. The van der Waals surface area contributed by atoms with Gasteiger partial charge in [-0.2, -0.15) is 0 Å². The highest BCUT2D eigenvalue weighted by molar-refractivity contribution is 6.35. The fourth-order valence-corrected chi connectivity index (χ4v) is 4.65. The maximum absolute atomic E-state index is 13.2. The Balaban J connectivity index is 1.66. The van der Waals surface area contributed by atoms with E-state index in [1.807, 2.05) is 31.3 Å². The predicted molar refractivity (Wildman–Crippen MR) is 127 cm³/mol. The summed E-state index contributed by atoms with van der Waals surface area (Å²) in [5.74, 6) is 1.77. The Labute approximate surface area is 199 Å². The van der Waals surface area contributed by atoms with Gasteiger partial charge in [0.05, 0.1) is 27.2 Å². The maximum atomic E-state index is 13.2. The van der Waals surface area contributed by atoms with Gasteiger partial charge in [-0.1, -0.05) is 29.3 Å². The topological polar surface area (TPSA) is 51.2 Å². The third-order valence-corrected chi connectivity index (χ3v) is 6.37. The Morgan fingerprint density at radius 2 is 1.78 bits per heavy atom. The first kappa shape index (κ1) is 24.5. The van der Waals surface area contributed by atoms with Gasteiger partial charge in [-0.15, -0.1) is 0 Å². The van der Waals surface area contributed by atoms with Crippen LogP contribution in [0.25, 0.3) is 0 Å². The highest BCUT2D eigenvalue weighted by Crippen LogP contribution is 2.38. The summed E-state index contributed by atoms with van der Waals surface area (Å²) in [5.41, 5.74) is 1.94. The van der Waals surface area contributed by atoms with Gasteiger partial charge in [0.15, 0.2) is 11.5 Å². The zero-order chi connectivity index (χ0) is 23.3. The van der Waals surface area contributed by atoms with E-state index in [4.69, 9.17) is 37.4 Å². The lowest BCUT2D eigenvalue weighted by atomic mass is 9.96. The van der Waals surface area contributed by atoms with Gasteiger partial charge in [0, 0.05) is 36.7 Å². The van der Waals surface area contributed by atoms with Crippen LogP contribution in [0.1, 0.15) is 24.0 Å². The van der Waals surface area contributed by atoms with Gasteiger partial charge < -0.3 is 19.1 Å². The molecule has 0 radical (unpaired) electrons. The van der Waals surface area contributed by atoms with Crippen LogP contribution < -0.4 is 14.2 Å². The van der Waals surface area contributed by atoms with Crippen LogP contribution in [0.3, 0.4) is 0 Å². The molecule has 1 atom stereocenters. The number of likely N-dealkylation sites (tertiary alicyclic amines) is 1. The Morgan fingerprint density at radius 1 is 1.09 bits per heavy atom. The van der Waals surface area contributed by atoms with Crippen LogP contribution in [0.4, 0.5) is 0 Å². The molecule has 0 bridgehead atoms. The normalized spacial score (nSPS) is 16.5. The molecule has 0 aromatic heterocycles. The number of benzene rings is 2. The molecule has 174 valence electrons. The summed E-state index contributed by atoms with van der Waals surface area (Å²) in [6, 6.07) is 9.31. The minimum atomic E-state index is -0.0538.